The van der Waals surface area contributed by atoms with Crippen molar-refractivity contribution in [3.8, 4) is 0 Å². The Morgan fingerprint density at radius 2 is 1.76 bits per heavy atom. The number of nitrogens with zero attached hydrogens (tertiary/aromatic N) is 2. The number of rotatable bonds is 7. The number of hydrogen-bond donors (Lipinski definition) is 3. The fourth-order valence-corrected chi connectivity index (χ4v) is 3.82. The van der Waals surface area contributed by atoms with Crippen LogP contribution in [0.3, 0.4) is 0 Å². The molecule has 0 radical (unpaired) electrons. The minimum absolute atomic E-state index is 0.171. The number of anilines is 1. The van der Waals surface area contributed by atoms with E-state index >= 15 is 0 Å². The van der Waals surface area contributed by atoms with Gasteiger partial charge >= 0.3 is 5.97 Å². The summed E-state index contributed by atoms with van der Waals surface area (Å²) in [4.78, 5) is 47.9. The van der Waals surface area contributed by atoms with E-state index in [1.165, 1.54) is 4.90 Å². The van der Waals surface area contributed by atoms with Crippen LogP contribution in [0, 0.1) is 6.92 Å². The van der Waals surface area contributed by atoms with Gasteiger partial charge in [0.2, 0.25) is 0 Å². The Bertz CT molecular complexity index is 1370. The molecule has 2 aromatic carbocycles. The van der Waals surface area contributed by atoms with E-state index in [2.05, 4.69) is 15.0 Å². The Morgan fingerprint density at radius 3 is 2.42 bits per heavy atom. The molecule has 4 aromatic rings. The van der Waals surface area contributed by atoms with Crippen LogP contribution in [-0.4, -0.2) is 38.5 Å². The van der Waals surface area contributed by atoms with Crippen LogP contribution in [0.2, 0.25) is 5.02 Å². The summed E-state index contributed by atoms with van der Waals surface area (Å²) in [5, 5.41) is 10.3. The van der Waals surface area contributed by atoms with Gasteiger partial charge in [0.1, 0.15) is 18.0 Å². The lowest BCUT2D eigenvalue weighted by Crippen LogP contribution is -2.35. The topological polar surface area (TPSA) is 119 Å². The summed E-state index contributed by atoms with van der Waals surface area (Å²) in [6, 6.07) is 13.4. The van der Waals surface area contributed by atoms with Gasteiger partial charge in [0, 0.05) is 22.5 Å². The number of carboxylic acids is 1. The van der Waals surface area contributed by atoms with Gasteiger partial charge in [-0.15, -0.1) is 0 Å². The Morgan fingerprint density at radius 1 is 1.06 bits per heavy atom. The SMILES string of the molecule is Cc1nc2[nH]cc(CCc3ccc(C(=O)N(CC(=O)O)c4ccc(Cl)cc4)cc3)c2c(=O)[nH]1. The fraction of sp³-hybridized carbons (Fsp3) is 0.167. The maximum atomic E-state index is 13.0. The number of fused-ring (bicyclic) bond motifs is 1. The molecule has 4 rings (SSSR count). The average molecular weight is 465 g/mol. The van der Waals surface area contributed by atoms with E-state index in [1.807, 2.05) is 12.1 Å². The first kappa shape index (κ1) is 22.3. The summed E-state index contributed by atoms with van der Waals surface area (Å²) in [6.45, 7) is 1.26. The van der Waals surface area contributed by atoms with Crippen LogP contribution in [0.1, 0.15) is 27.3 Å². The van der Waals surface area contributed by atoms with Crippen molar-refractivity contribution < 1.29 is 14.7 Å². The van der Waals surface area contributed by atoms with Crippen molar-refractivity contribution in [2.24, 2.45) is 0 Å². The molecule has 0 atom stereocenters. The van der Waals surface area contributed by atoms with Gasteiger partial charge in [0.25, 0.3) is 11.5 Å². The Hall–Kier alpha value is -3.91. The van der Waals surface area contributed by atoms with Crippen molar-refractivity contribution in [3.05, 3.63) is 92.6 Å². The average Bonchev–Trinajstić information content (AvgIpc) is 3.19. The molecule has 1 amide bonds. The standard InChI is InChI=1S/C24H21ClN4O4/c1-14-27-22-21(23(32)28-14)17(12-26-22)7-4-15-2-5-16(6-3-15)24(33)29(13-20(30)31)19-10-8-18(25)9-11-19/h2-3,5-6,8-12H,4,7,13H2,1H3,(H,30,31)(H2,26,27,28,32). The summed E-state index contributed by atoms with van der Waals surface area (Å²) in [5.41, 5.74) is 3.06. The normalized spacial score (nSPS) is 11.0. The molecule has 0 aliphatic heterocycles. The number of carboxylic acid groups (broad SMARTS) is 1. The van der Waals surface area contributed by atoms with E-state index < -0.39 is 18.4 Å². The maximum Gasteiger partial charge on any atom is 0.323 e. The number of halogens is 1. The predicted molar refractivity (Wildman–Crippen MR) is 126 cm³/mol. The zero-order valence-electron chi connectivity index (χ0n) is 17.8. The second kappa shape index (κ2) is 9.30. The molecule has 3 N–H and O–H groups in total. The first-order valence-electron chi connectivity index (χ1n) is 10.3. The molecule has 8 nitrogen and oxygen atoms in total. The third kappa shape index (κ3) is 4.96. The lowest BCUT2D eigenvalue weighted by molar-refractivity contribution is -0.135. The third-order valence-corrected chi connectivity index (χ3v) is 5.55. The number of aromatic nitrogens is 3. The van der Waals surface area contributed by atoms with Crippen LogP contribution in [-0.2, 0) is 17.6 Å². The molecule has 0 spiro atoms. The number of aliphatic carboxylic acids is 1. The van der Waals surface area contributed by atoms with Crippen LogP contribution in [0.4, 0.5) is 5.69 Å². The van der Waals surface area contributed by atoms with E-state index in [0.717, 1.165) is 11.1 Å². The number of H-pyrrole nitrogens is 2. The number of carbonyl (C=O) groups is 2. The van der Waals surface area contributed by atoms with Gasteiger partial charge in [-0.05, 0) is 67.3 Å². The monoisotopic (exact) mass is 464 g/mol. The Balaban J connectivity index is 1.50. The number of carbonyl (C=O) groups excluding carboxylic acids is 1. The van der Waals surface area contributed by atoms with Crippen molar-refractivity contribution in [3.63, 3.8) is 0 Å². The molecule has 9 heteroatoms. The molecule has 0 fully saturated rings. The van der Waals surface area contributed by atoms with E-state index in [9.17, 15) is 19.5 Å². The molecule has 0 saturated heterocycles. The lowest BCUT2D eigenvalue weighted by Gasteiger charge is -2.21. The highest BCUT2D eigenvalue weighted by Crippen LogP contribution is 2.21. The van der Waals surface area contributed by atoms with E-state index in [-0.39, 0.29) is 5.56 Å². The highest BCUT2D eigenvalue weighted by atomic mass is 35.5. The summed E-state index contributed by atoms with van der Waals surface area (Å²) >= 11 is 5.91. The molecule has 0 aliphatic carbocycles. The molecule has 0 unspecified atom stereocenters. The minimum atomic E-state index is -1.12. The van der Waals surface area contributed by atoms with Crippen molar-refractivity contribution in [1.29, 1.82) is 0 Å². The van der Waals surface area contributed by atoms with Crippen LogP contribution < -0.4 is 10.5 Å². The number of aryl methyl sites for hydroxylation is 3. The van der Waals surface area contributed by atoms with Crippen LogP contribution in [0.25, 0.3) is 11.0 Å². The van der Waals surface area contributed by atoms with Crippen molar-refractivity contribution >= 4 is 40.2 Å². The molecule has 0 bridgehead atoms. The molecule has 2 heterocycles. The minimum Gasteiger partial charge on any atom is -0.480 e. The third-order valence-electron chi connectivity index (χ3n) is 5.30. The second-order valence-electron chi connectivity index (χ2n) is 7.65. The van der Waals surface area contributed by atoms with E-state index in [1.54, 1.807) is 49.5 Å². The van der Waals surface area contributed by atoms with Crippen LogP contribution in [0.15, 0.2) is 59.5 Å². The predicted octanol–water partition coefficient (Wildman–Crippen LogP) is 3.73. The number of nitrogens with one attached hydrogen (secondary N) is 2. The van der Waals surface area contributed by atoms with Gasteiger partial charge in [0.15, 0.2) is 0 Å². The number of aromatic amines is 2. The van der Waals surface area contributed by atoms with Gasteiger partial charge in [0.05, 0.1) is 5.39 Å². The Kier molecular flexibility index (Phi) is 6.28. The number of hydrogen-bond acceptors (Lipinski definition) is 4. The first-order valence-corrected chi connectivity index (χ1v) is 10.6. The van der Waals surface area contributed by atoms with Crippen molar-refractivity contribution in [1.82, 2.24) is 15.0 Å². The highest BCUT2D eigenvalue weighted by molar-refractivity contribution is 6.30. The maximum absolute atomic E-state index is 13.0. The van der Waals surface area contributed by atoms with Gasteiger partial charge in [-0.1, -0.05) is 23.7 Å². The summed E-state index contributed by atoms with van der Waals surface area (Å²) in [5.74, 6) is -0.985. The molecule has 2 aromatic heterocycles. The molecule has 168 valence electrons. The largest absolute Gasteiger partial charge is 0.480 e. The van der Waals surface area contributed by atoms with E-state index in [4.69, 9.17) is 11.6 Å². The molecule has 0 saturated carbocycles. The zero-order valence-corrected chi connectivity index (χ0v) is 18.5. The molecule has 0 aliphatic rings. The van der Waals surface area contributed by atoms with Gasteiger partial charge in [-0.3, -0.25) is 19.3 Å². The molecular formula is C24H21ClN4O4. The van der Waals surface area contributed by atoms with E-state index in [0.29, 0.717) is 46.0 Å². The molecule has 33 heavy (non-hydrogen) atoms. The van der Waals surface area contributed by atoms with Crippen molar-refractivity contribution in [2.45, 2.75) is 19.8 Å². The molecular weight excluding hydrogens is 444 g/mol. The zero-order chi connectivity index (χ0) is 23.5. The summed E-state index contributed by atoms with van der Waals surface area (Å²) in [7, 11) is 0. The van der Waals surface area contributed by atoms with Crippen LogP contribution in [0.5, 0.6) is 0 Å². The van der Waals surface area contributed by atoms with Gasteiger partial charge in [-0.2, -0.15) is 0 Å². The van der Waals surface area contributed by atoms with Gasteiger partial charge in [-0.25, -0.2) is 4.98 Å². The quantitative estimate of drug-likeness (QED) is 0.385. The van der Waals surface area contributed by atoms with Crippen molar-refractivity contribution in [2.75, 3.05) is 11.4 Å². The highest BCUT2D eigenvalue weighted by Gasteiger charge is 2.20. The number of benzene rings is 2. The Labute approximate surface area is 193 Å². The first-order chi connectivity index (χ1) is 15.8. The fourth-order valence-electron chi connectivity index (χ4n) is 3.70. The lowest BCUT2D eigenvalue weighted by atomic mass is 10.0. The van der Waals surface area contributed by atoms with Crippen LogP contribution >= 0.6 is 11.6 Å². The number of amides is 1. The van der Waals surface area contributed by atoms with Gasteiger partial charge < -0.3 is 15.1 Å². The summed E-state index contributed by atoms with van der Waals surface area (Å²) < 4.78 is 0. The second-order valence-corrected chi connectivity index (χ2v) is 8.08. The smallest absolute Gasteiger partial charge is 0.323 e. The summed E-state index contributed by atoms with van der Waals surface area (Å²) in [6.07, 6.45) is 3.07.